The summed E-state index contributed by atoms with van der Waals surface area (Å²) in [5.74, 6) is 0.251. The van der Waals surface area contributed by atoms with E-state index in [-0.39, 0.29) is 5.82 Å². The minimum absolute atomic E-state index is 0.305. The molecule has 1 aromatic heterocycles. The van der Waals surface area contributed by atoms with Crippen molar-refractivity contribution < 1.29 is 4.39 Å². The molecule has 9 heavy (non-hydrogen) atoms. The molecule has 0 saturated carbocycles. The van der Waals surface area contributed by atoms with Gasteiger partial charge in [-0.2, -0.15) is 12.6 Å². The van der Waals surface area contributed by atoms with Gasteiger partial charge in [0.25, 0.3) is 0 Å². The number of hydrogen-bond donors (Lipinski definition) is 1. The topological polar surface area (TPSA) is 12.9 Å². The number of aromatic nitrogens is 1. The van der Waals surface area contributed by atoms with Crippen LogP contribution in [0, 0.1) is 5.82 Å². The second-order valence-electron chi connectivity index (χ2n) is 1.63. The molecular weight excluding hydrogens is 137 g/mol. The normalized spacial score (nSPS) is 9.56. The summed E-state index contributed by atoms with van der Waals surface area (Å²) in [6.45, 7) is 0. The average molecular weight is 143 g/mol. The first kappa shape index (κ1) is 6.55. The van der Waals surface area contributed by atoms with E-state index in [1.54, 1.807) is 6.07 Å². The lowest BCUT2D eigenvalue weighted by molar-refractivity contribution is 0.620. The SMILES string of the molecule is Fc1ccc(CS)nc1. The lowest BCUT2D eigenvalue weighted by Crippen LogP contribution is -1.83. The van der Waals surface area contributed by atoms with E-state index in [2.05, 4.69) is 17.6 Å². The van der Waals surface area contributed by atoms with Crippen LogP contribution < -0.4 is 0 Å². The van der Waals surface area contributed by atoms with Crippen LogP contribution >= 0.6 is 12.6 Å². The third-order valence-electron chi connectivity index (χ3n) is 0.951. The maximum Gasteiger partial charge on any atom is 0.141 e. The van der Waals surface area contributed by atoms with Crippen LogP contribution in [0.5, 0.6) is 0 Å². The fourth-order valence-electron chi connectivity index (χ4n) is 0.500. The number of halogens is 1. The summed E-state index contributed by atoms with van der Waals surface area (Å²) in [6.07, 6.45) is 1.19. The van der Waals surface area contributed by atoms with Crippen molar-refractivity contribution in [3.8, 4) is 0 Å². The summed E-state index contributed by atoms with van der Waals surface area (Å²) < 4.78 is 12.1. The Kier molecular flexibility index (Phi) is 2.05. The average Bonchev–Trinajstić information content (AvgIpc) is 1.90. The van der Waals surface area contributed by atoms with Crippen LogP contribution in [0.4, 0.5) is 4.39 Å². The van der Waals surface area contributed by atoms with E-state index in [1.165, 1.54) is 12.3 Å². The highest BCUT2D eigenvalue weighted by Crippen LogP contribution is 1.99. The number of thiol groups is 1. The monoisotopic (exact) mass is 143 g/mol. The van der Waals surface area contributed by atoms with Crippen molar-refractivity contribution >= 4 is 12.6 Å². The highest BCUT2D eigenvalue weighted by Gasteiger charge is 1.89. The van der Waals surface area contributed by atoms with Gasteiger partial charge in [-0.25, -0.2) is 4.39 Å². The van der Waals surface area contributed by atoms with Crippen molar-refractivity contribution in [2.24, 2.45) is 0 Å². The van der Waals surface area contributed by atoms with Crippen molar-refractivity contribution in [3.05, 3.63) is 29.8 Å². The zero-order valence-corrected chi connectivity index (χ0v) is 5.61. The number of rotatable bonds is 1. The molecule has 0 atom stereocenters. The van der Waals surface area contributed by atoms with Crippen LogP contribution in [0.1, 0.15) is 5.69 Å². The maximum atomic E-state index is 12.1. The van der Waals surface area contributed by atoms with E-state index < -0.39 is 0 Å². The smallest absolute Gasteiger partial charge is 0.141 e. The van der Waals surface area contributed by atoms with Gasteiger partial charge in [0.05, 0.1) is 11.9 Å². The highest BCUT2D eigenvalue weighted by molar-refractivity contribution is 7.79. The summed E-state index contributed by atoms with van der Waals surface area (Å²) in [5.41, 5.74) is 0.791. The predicted molar refractivity (Wildman–Crippen MR) is 36.9 cm³/mol. The maximum absolute atomic E-state index is 12.1. The van der Waals surface area contributed by atoms with Crippen LogP contribution in [0.3, 0.4) is 0 Å². The summed E-state index contributed by atoms with van der Waals surface area (Å²) in [4.78, 5) is 3.75. The second kappa shape index (κ2) is 2.82. The largest absolute Gasteiger partial charge is 0.257 e. The number of pyridine rings is 1. The quantitative estimate of drug-likeness (QED) is 0.590. The molecule has 1 nitrogen and oxygen atoms in total. The number of hydrogen-bond acceptors (Lipinski definition) is 2. The molecule has 0 N–H and O–H groups in total. The van der Waals surface area contributed by atoms with Crippen LogP contribution in [-0.2, 0) is 5.75 Å². The Morgan fingerprint density at radius 1 is 1.56 bits per heavy atom. The Morgan fingerprint density at radius 3 is 2.78 bits per heavy atom. The molecule has 0 aliphatic rings. The molecule has 1 heterocycles. The minimum atomic E-state index is -0.305. The van der Waals surface area contributed by atoms with E-state index in [0.717, 1.165) is 5.69 Å². The van der Waals surface area contributed by atoms with E-state index in [4.69, 9.17) is 0 Å². The van der Waals surface area contributed by atoms with Crippen molar-refractivity contribution in [2.75, 3.05) is 0 Å². The molecule has 0 aromatic carbocycles. The van der Waals surface area contributed by atoms with Crippen molar-refractivity contribution in [3.63, 3.8) is 0 Å². The molecule has 0 aliphatic carbocycles. The fraction of sp³-hybridized carbons (Fsp3) is 0.167. The molecule has 0 spiro atoms. The van der Waals surface area contributed by atoms with Gasteiger partial charge in [0.2, 0.25) is 0 Å². The van der Waals surface area contributed by atoms with Crippen molar-refractivity contribution in [2.45, 2.75) is 5.75 Å². The summed E-state index contributed by atoms with van der Waals surface area (Å²) in [7, 11) is 0. The molecule has 0 bridgehead atoms. The van der Waals surface area contributed by atoms with Gasteiger partial charge in [0.15, 0.2) is 0 Å². The summed E-state index contributed by atoms with van der Waals surface area (Å²) >= 11 is 3.96. The lowest BCUT2D eigenvalue weighted by atomic mass is 10.4. The van der Waals surface area contributed by atoms with E-state index in [0.29, 0.717) is 5.75 Å². The first-order chi connectivity index (χ1) is 4.33. The third kappa shape index (κ3) is 1.68. The van der Waals surface area contributed by atoms with Crippen LogP contribution in [0.25, 0.3) is 0 Å². The molecular formula is C6H6FNS. The summed E-state index contributed by atoms with van der Waals surface area (Å²) in [6, 6.07) is 2.99. The Hall–Kier alpha value is -0.570. The summed E-state index contributed by atoms with van der Waals surface area (Å²) in [5, 5.41) is 0. The molecule has 48 valence electrons. The zero-order valence-electron chi connectivity index (χ0n) is 4.71. The molecule has 0 radical (unpaired) electrons. The first-order valence-electron chi connectivity index (χ1n) is 2.54. The Labute approximate surface area is 58.3 Å². The minimum Gasteiger partial charge on any atom is -0.257 e. The Bertz CT molecular complexity index is 185. The van der Waals surface area contributed by atoms with E-state index >= 15 is 0 Å². The highest BCUT2D eigenvalue weighted by atomic mass is 32.1. The molecule has 1 rings (SSSR count). The van der Waals surface area contributed by atoms with Gasteiger partial charge in [-0.15, -0.1) is 0 Å². The third-order valence-corrected chi connectivity index (χ3v) is 1.27. The van der Waals surface area contributed by atoms with Crippen LogP contribution in [0.2, 0.25) is 0 Å². The predicted octanol–water partition coefficient (Wildman–Crippen LogP) is 1.65. The van der Waals surface area contributed by atoms with Crippen molar-refractivity contribution in [1.82, 2.24) is 4.98 Å². The van der Waals surface area contributed by atoms with E-state index in [1.807, 2.05) is 0 Å². The van der Waals surface area contributed by atoms with Crippen molar-refractivity contribution in [1.29, 1.82) is 0 Å². The standard InChI is InChI=1S/C6H6FNS/c7-5-1-2-6(4-9)8-3-5/h1-3,9H,4H2. The molecule has 3 heteroatoms. The van der Waals surface area contributed by atoms with Gasteiger partial charge in [0, 0.05) is 5.75 Å². The van der Waals surface area contributed by atoms with Gasteiger partial charge < -0.3 is 0 Å². The molecule has 0 amide bonds. The molecule has 0 fully saturated rings. The second-order valence-corrected chi connectivity index (χ2v) is 1.94. The molecule has 0 saturated heterocycles. The molecule has 0 unspecified atom stereocenters. The van der Waals surface area contributed by atoms with Gasteiger partial charge >= 0.3 is 0 Å². The first-order valence-corrected chi connectivity index (χ1v) is 3.17. The number of nitrogens with zero attached hydrogens (tertiary/aromatic N) is 1. The van der Waals surface area contributed by atoms with Gasteiger partial charge in [-0.3, -0.25) is 4.98 Å². The van der Waals surface area contributed by atoms with Gasteiger partial charge in [-0.05, 0) is 12.1 Å². The van der Waals surface area contributed by atoms with Crippen LogP contribution in [0.15, 0.2) is 18.3 Å². The molecule has 0 aliphatic heterocycles. The van der Waals surface area contributed by atoms with Gasteiger partial charge in [0.1, 0.15) is 5.82 Å². The fourth-order valence-corrected chi connectivity index (χ4v) is 0.687. The lowest BCUT2D eigenvalue weighted by Gasteiger charge is -1.90. The van der Waals surface area contributed by atoms with Gasteiger partial charge in [-0.1, -0.05) is 0 Å². The van der Waals surface area contributed by atoms with E-state index in [9.17, 15) is 4.39 Å². The Morgan fingerprint density at radius 2 is 2.33 bits per heavy atom. The van der Waals surface area contributed by atoms with Crippen LogP contribution in [-0.4, -0.2) is 4.98 Å². The zero-order chi connectivity index (χ0) is 6.69. The molecule has 1 aromatic rings. The Balaban J connectivity index is 2.88.